The number of halogens is 1. The Bertz CT molecular complexity index is 901. The summed E-state index contributed by atoms with van der Waals surface area (Å²) < 4.78 is 27.7. The number of nitrogens with one attached hydrogen (secondary N) is 1. The van der Waals surface area contributed by atoms with E-state index in [9.17, 15) is 18.5 Å². The second-order valence-corrected chi connectivity index (χ2v) is 7.96. The predicted octanol–water partition coefficient (Wildman–Crippen LogP) is 3.10. The van der Waals surface area contributed by atoms with Crippen LogP contribution < -0.4 is 10.5 Å². The molecule has 7 nitrogen and oxygen atoms in total. The quantitative estimate of drug-likeness (QED) is 0.457. The summed E-state index contributed by atoms with van der Waals surface area (Å²) in [7, 11) is -3.57. The van der Waals surface area contributed by atoms with Gasteiger partial charge in [-0.15, -0.1) is 12.4 Å². The maximum Gasteiger partial charge on any atom is 0.269 e. The fourth-order valence-corrected chi connectivity index (χ4v) is 4.54. The molecule has 3 N–H and O–H groups in total. The first-order chi connectivity index (χ1) is 11.8. The summed E-state index contributed by atoms with van der Waals surface area (Å²) in [6.45, 7) is 0. The third-order valence-corrected chi connectivity index (χ3v) is 5.66. The molecule has 0 aliphatic heterocycles. The molecule has 0 radical (unpaired) electrons. The first kappa shape index (κ1) is 20.2. The Kier molecular flexibility index (Phi) is 6.22. The number of nitro benzene ring substituents is 1. The standard InChI is InChI=1S/C17H19N3O4S.ClH/c18-14-6-9-16-13(10-14)2-1-3-17(16)19-25(23,24)11-12-4-7-15(8-5-12)20(21)22;/h4-10,17,19H,1-3,11,18H2;1H. The second-order valence-electron chi connectivity index (χ2n) is 6.20. The van der Waals surface area contributed by atoms with Crippen molar-refractivity contribution in [3.05, 3.63) is 69.3 Å². The van der Waals surface area contributed by atoms with Gasteiger partial charge in [0.2, 0.25) is 10.0 Å². The van der Waals surface area contributed by atoms with E-state index < -0.39 is 14.9 Å². The summed E-state index contributed by atoms with van der Waals surface area (Å²) in [5.74, 6) is -0.216. The predicted molar refractivity (Wildman–Crippen MR) is 103 cm³/mol. The summed E-state index contributed by atoms with van der Waals surface area (Å²) in [6.07, 6.45) is 2.51. The van der Waals surface area contributed by atoms with Gasteiger partial charge in [-0.1, -0.05) is 18.2 Å². The van der Waals surface area contributed by atoms with Crippen LogP contribution >= 0.6 is 12.4 Å². The molecule has 1 aliphatic carbocycles. The van der Waals surface area contributed by atoms with Crippen molar-refractivity contribution >= 4 is 33.8 Å². The van der Waals surface area contributed by atoms with Gasteiger partial charge in [-0.05, 0) is 48.1 Å². The summed E-state index contributed by atoms with van der Waals surface area (Å²) in [4.78, 5) is 10.2. The minimum atomic E-state index is -3.57. The molecule has 0 heterocycles. The van der Waals surface area contributed by atoms with Gasteiger partial charge in [-0.25, -0.2) is 13.1 Å². The summed E-state index contributed by atoms with van der Waals surface area (Å²) >= 11 is 0. The number of nitro groups is 1. The van der Waals surface area contributed by atoms with Crippen LogP contribution in [0.5, 0.6) is 0 Å². The van der Waals surface area contributed by atoms with Crippen molar-refractivity contribution < 1.29 is 13.3 Å². The van der Waals surface area contributed by atoms with Crippen molar-refractivity contribution in [3.8, 4) is 0 Å². The van der Waals surface area contributed by atoms with Crippen molar-refractivity contribution in [2.75, 3.05) is 5.73 Å². The van der Waals surface area contributed by atoms with E-state index in [1.54, 1.807) is 6.07 Å². The highest BCUT2D eigenvalue weighted by atomic mass is 35.5. The number of aryl methyl sites for hydroxylation is 1. The fraction of sp³-hybridized carbons (Fsp3) is 0.294. The maximum atomic E-state index is 12.5. The van der Waals surface area contributed by atoms with Crippen LogP contribution in [0.4, 0.5) is 11.4 Å². The zero-order valence-corrected chi connectivity index (χ0v) is 15.6. The van der Waals surface area contributed by atoms with Crippen molar-refractivity contribution in [3.63, 3.8) is 0 Å². The van der Waals surface area contributed by atoms with E-state index in [0.29, 0.717) is 11.3 Å². The molecule has 1 aliphatic rings. The van der Waals surface area contributed by atoms with Crippen LogP contribution in [-0.2, 0) is 22.2 Å². The molecule has 0 saturated heterocycles. The minimum Gasteiger partial charge on any atom is -0.399 e. The van der Waals surface area contributed by atoms with E-state index in [0.717, 1.165) is 30.4 Å². The molecule has 2 aromatic carbocycles. The monoisotopic (exact) mass is 397 g/mol. The molecule has 0 saturated carbocycles. The smallest absolute Gasteiger partial charge is 0.269 e. The van der Waals surface area contributed by atoms with Gasteiger partial charge in [0.1, 0.15) is 0 Å². The molecule has 0 aromatic heterocycles. The van der Waals surface area contributed by atoms with Gasteiger partial charge in [-0.2, -0.15) is 0 Å². The normalized spacial score (nSPS) is 16.4. The SMILES string of the molecule is Cl.Nc1ccc2c(c1)CCCC2NS(=O)(=O)Cc1ccc([N+](=O)[O-])cc1. The molecule has 9 heteroatoms. The molecule has 1 atom stereocenters. The lowest BCUT2D eigenvalue weighted by molar-refractivity contribution is -0.384. The molecular formula is C17H20ClN3O4S. The van der Waals surface area contributed by atoms with E-state index in [2.05, 4.69) is 4.72 Å². The van der Waals surface area contributed by atoms with E-state index in [1.807, 2.05) is 12.1 Å². The molecule has 0 fully saturated rings. The van der Waals surface area contributed by atoms with E-state index in [1.165, 1.54) is 24.3 Å². The molecular weight excluding hydrogens is 378 g/mol. The number of rotatable bonds is 5. The number of hydrogen-bond donors (Lipinski definition) is 2. The first-order valence-electron chi connectivity index (χ1n) is 7.96. The number of nitrogens with two attached hydrogens (primary N) is 1. The number of hydrogen-bond acceptors (Lipinski definition) is 5. The number of benzene rings is 2. The third-order valence-electron chi connectivity index (χ3n) is 4.31. The van der Waals surface area contributed by atoms with Gasteiger partial charge >= 0.3 is 0 Å². The lowest BCUT2D eigenvalue weighted by Gasteiger charge is -2.26. The lowest BCUT2D eigenvalue weighted by Crippen LogP contribution is -2.32. The molecule has 2 aromatic rings. The number of non-ortho nitro benzene ring substituents is 1. The van der Waals surface area contributed by atoms with Crippen molar-refractivity contribution in [2.24, 2.45) is 0 Å². The van der Waals surface area contributed by atoms with Gasteiger partial charge in [0.15, 0.2) is 0 Å². The Morgan fingerprint density at radius 2 is 1.88 bits per heavy atom. The Morgan fingerprint density at radius 1 is 1.19 bits per heavy atom. The highest BCUT2D eigenvalue weighted by molar-refractivity contribution is 7.88. The number of fused-ring (bicyclic) bond motifs is 1. The zero-order valence-electron chi connectivity index (χ0n) is 13.9. The molecule has 0 spiro atoms. The molecule has 0 amide bonds. The van der Waals surface area contributed by atoms with Gasteiger partial charge in [0, 0.05) is 23.9 Å². The van der Waals surface area contributed by atoms with Crippen LogP contribution in [0, 0.1) is 10.1 Å². The Hall–Kier alpha value is -2.16. The largest absolute Gasteiger partial charge is 0.399 e. The first-order valence-corrected chi connectivity index (χ1v) is 9.61. The average Bonchev–Trinajstić information content (AvgIpc) is 2.54. The molecule has 26 heavy (non-hydrogen) atoms. The molecule has 0 bridgehead atoms. The van der Waals surface area contributed by atoms with E-state index in [-0.39, 0.29) is 29.9 Å². The van der Waals surface area contributed by atoms with Crippen LogP contribution in [0.2, 0.25) is 0 Å². The van der Waals surface area contributed by atoms with Crippen molar-refractivity contribution in [2.45, 2.75) is 31.1 Å². The van der Waals surface area contributed by atoms with E-state index in [4.69, 9.17) is 5.73 Å². The highest BCUT2D eigenvalue weighted by Crippen LogP contribution is 2.31. The number of anilines is 1. The highest BCUT2D eigenvalue weighted by Gasteiger charge is 2.25. The number of nitrogens with zero attached hydrogens (tertiary/aromatic N) is 1. The number of sulfonamides is 1. The van der Waals surface area contributed by atoms with Crippen LogP contribution in [-0.4, -0.2) is 13.3 Å². The second kappa shape index (κ2) is 8.03. The molecule has 140 valence electrons. The van der Waals surface area contributed by atoms with Crippen LogP contribution in [0.25, 0.3) is 0 Å². The van der Waals surface area contributed by atoms with Gasteiger partial charge in [0.05, 0.1) is 10.7 Å². The van der Waals surface area contributed by atoms with E-state index >= 15 is 0 Å². The zero-order chi connectivity index (χ0) is 18.0. The summed E-state index contributed by atoms with van der Waals surface area (Å²) in [6, 6.07) is 10.8. The van der Waals surface area contributed by atoms with Gasteiger partial charge < -0.3 is 5.73 Å². The Balaban J connectivity index is 0.00000243. The molecule has 1 unspecified atom stereocenters. The van der Waals surface area contributed by atoms with Crippen molar-refractivity contribution in [1.82, 2.24) is 4.72 Å². The lowest BCUT2D eigenvalue weighted by atomic mass is 9.88. The van der Waals surface area contributed by atoms with Gasteiger partial charge in [0.25, 0.3) is 5.69 Å². The van der Waals surface area contributed by atoms with Gasteiger partial charge in [-0.3, -0.25) is 10.1 Å². The number of nitrogen functional groups attached to an aromatic ring is 1. The third kappa shape index (κ3) is 4.72. The topological polar surface area (TPSA) is 115 Å². The average molecular weight is 398 g/mol. The maximum absolute atomic E-state index is 12.5. The van der Waals surface area contributed by atoms with Crippen molar-refractivity contribution in [1.29, 1.82) is 0 Å². The van der Waals surface area contributed by atoms with Crippen LogP contribution in [0.3, 0.4) is 0 Å². The minimum absolute atomic E-state index is 0. The Morgan fingerprint density at radius 3 is 2.54 bits per heavy atom. The Labute approximate surface area is 158 Å². The van der Waals surface area contributed by atoms with Crippen LogP contribution in [0.15, 0.2) is 42.5 Å². The van der Waals surface area contributed by atoms with Crippen LogP contribution in [0.1, 0.15) is 35.6 Å². The summed E-state index contributed by atoms with van der Waals surface area (Å²) in [5.41, 5.74) is 8.97. The fourth-order valence-electron chi connectivity index (χ4n) is 3.15. The summed E-state index contributed by atoms with van der Waals surface area (Å²) in [5, 5.41) is 10.7. The molecule has 3 rings (SSSR count).